The monoisotopic (exact) mass is 387 g/mol. The van der Waals surface area contributed by atoms with Crippen LogP contribution in [0.4, 0.5) is 5.69 Å². The zero-order chi connectivity index (χ0) is 19.6. The molecule has 1 amide bonds. The number of aryl methyl sites for hydroxylation is 1. The molecule has 0 aliphatic carbocycles. The summed E-state index contributed by atoms with van der Waals surface area (Å²) in [7, 11) is 1.32. The Balaban J connectivity index is 1.74. The second-order valence-electron chi connectivity index (χ2n) is 6.29. The van der Waals surface area contributed by atoms with E-state index in [4.69, 9.17) is 0 Å². The zero-order valence-corrected chi connectivity index (χ0v) is 16.3. The van der Waals surface area contributed by atoms with Crippen LogP contribution in [0.2, 0.25) is 0 Å². The van der Waals surface area contributed by atoms with Crippen LogP contribution in [0.5, 0.6) is 0 Å². The van der Waals surface area contributed by atoms with Crippen LogP contribution in [0.3, 0.4) is 0 Å². The van der Waals surface area contributed by atoms with Gasteiger partial charge in [-0.15, -0.1) is 0 Å². The van der Waals surface area contributed by atoms with Crippen LogP contribution in [0.15, 0.2) is 34.2 Å². The molecule has 2 aromatic rings. The summed E-state index contributed by atoms with van der Waals surface area (Å²) in [6.07, 6.45) is 0.617. The van der Waals surface area contributed by atoms with Crippen molar-refractivity contribution in [3.05, 3.63) is 51.4 Å². The van der Waals surface area contributed by atoms with Crippen LogP contribution < -0.4 is 10.9 Å². The molecule has 3 rings (SSSR count). The number of esters is 1. The molecule has 0 saturated heterocycles. The summed E-state index contributed by atoms with van der Waals surface area (Å²) in [6.45, 7) is 4.09. The van der Waals surface area contributed by atoms with Gasteiger partial charge in [0.05, 0.1) is 18.6 Å². The number of benzene rings is 1. The quantitative estimate of drug-likeness (QED) is 0.639. The second kappa shape index (κ2) is 7.96. The van der Waals surface area contributed by atoms with Crippen LogP contribution in [-0.4, -0.2) is 34.3 Å². The van der Waals surface area contributed by atoms with E-state index in [0.29, 0.717) is 40.7 Å². The predicted molar refractivity (Wildman–Crippen MR) is 103 cm³/mol. The molecule has 1 aromatic heterocycles. The molecule has 1 N–H and O–H groups in total. The Bertz CT molecular complexity index is 937. The molecule has 0 bridgehead atoms. The molecule has 1 aromatic carbocycles. The Morgan fingerprint density at radius 3 is 2.67 bits per heavy atom. The van der Waals surface area contributed by atoms with Crippen molar-refractivity contribution < 1.29 is 14.3 Å². The Hall–Kier alpha value is -2.61. The molecule has 27 heavy (non-hydrogen) atoms. The van der Waals surface area contributed by atoms with Crippen molar-refractivity contribution in [1.82, 2.24) is 9.55 Å². The van der Waals surface area contributed by atoms with Gasteiger partial charge in [0, 0.05) is 29.2 Å². The number of aromatic nitrogens is 2. The molecule has 0 spiro atoms. The van der Waals surface area contributed by atoms with E-state index in [-0.39, 0.29) is 17.4 Å². The number of anilines is 1. The largest absolute Gasteiger partial charge is 0.465 e. The van der Waals surface area contributed by atoms with Gasteiger partial charge >= 0.3 is 5.97 Å². The highest BCUT2D eigenvalue weighted by Gasteiger charge is 2.28. The Morgan fingerprint density at radius 1 is 1.33 bits per heavy atom. The molecule has 2 heterocycles. The summed E-state index contributed by atoms with van der Waals surface area (Å²) in [5.41, 5.74) is 2.39. The number of hydrogen-bond acceptors (Lipinski definition) is 6. The molecule has 1 aliphatic heterocycles. The fourth-order valence-corrected chi connectivity index (χ4v) is 4.13. The fraction of sp³-hybridized carbons (Fsp3) is 0.368. The molecule has 7 nitrogen and oxygen atoms in total. The minimum Gasteiger partial charge on any atom is -0.465 e. The molecule has 8 heteroatoms. The second-order valence-corrected chi connectivity index (χ2v) is 7.28. The van der Waals surface area contributed by atoms with E-state index >= 15 is 0 Å². The maximum Gasteiger partial charge on any atom is 0.337 e. The van der Waals surface area contributed by atoms with E-state index in [2.05, 4.69) is 15.0 Å². The van der Waals surface area contributed by atoms with E-state index in [0.717, 1.165) is 5.69 Å². The highest BCUT2D eigenvalue weighted by atomic mass is 32.2. The van der Waals surface area contributed by atoms with Crippen molar-refractivity contribution in [1.29, 1.82) is 0 Å². The van der Waals surface area contributed by atoms with Gasteiger partial charge in [0.25, 0.3) is 5.56 Å². The lowest BCUT2D eigenvalue weighted by atomic mass is 10.1. The van der Waals surface area contributed by atoms with Gasteiger partial charge in [0.15, 0.2) is 5.16 Å². The lowest BCUT2D eigenvalue weighted by Gasteiger charge is -2.25. The van der Waals surface area contributed by atoms with Crippen LogP contribution in [0.25, 0.3) is 0 Å². The van der Waals surface area contributed by atoms with E-state index in [1.54, 1.807) is 28.8 Å². The summed E-state index contributed by atoms with van der Waals surface area (Å²) in [5, 5.41) is 3.51. The Labute approximate surface area is 161 Å². The number of thioether (sulfide) groups is 1. The SMILES string of the molecule is CCc1c(C)nc2n(c1=O)CC(C(=O)Nc1ccc(C(=O)OC)cc1)CS2. The third-order valence-electron chi connectivity index (χ3n) is 4.55. The van der Waals surface area contributed by atoms with Crippen LogP contribution in [-0.2, 0) is 22.5 Å². The normalized spacial score (nSPS) is 15.7. The minimum absolute atomic E-state index is 0.0626. The predicted octanol–water partition coefficient (Wildman–Crippen LogP) is 2.26. The number of nitrogens with zero attached hydrogens (tertiary/aromatic N) is 2. The van der Waals surface area contributed by atoms with Gasteiger partial charge in [-0.2, -0.15) is 0 Å². The number of nitrogens with one attached hydrogen (secondary N) is 1. The topological polar surface area (TPSA) is 90.3 Å². The zero-order valence-electron chi connectivity index (χ0n) is 15.4. The molecule has 0 radical (unpaired) electrons. The number of hydrogen-bond donors (Lipinski definition) is 1. The van der Waals surface area contributed by atoms with Gasteiger partial charge in [-0.25, -0.2) is 9.78 Å². The number of rotatable bonds is 4. The van der Waals surface area contributed by atoms with Gasteiger partial charge < -0.3 is 10.1 Å². The van der Waals surface area contributed by atoms with E-state index < -0.39 is 5.97 Å². The Kier molecular flexibility index (Phi) is 5.65. The molecule has 1 aliphatic rings. The van der Waals surface area contributed by atoms with E-state index in [1.165, 1.54) is 18.9 Å². The van der Waals surface area contributed by atoms with Gasteiger partial charge in [-0.1, -0.05) is 18.7 Å². The maximum atomic E-state index is 12.7. The minimum atomic E-state index is -0.429. The molecule has 0 fully saturated rings. The first-order valence-electron chi connectivity index (χ1n) is 8.67. The highest BCUT2D eigenvalue weighted by molar-refractivity contribution is 7.99. The van der Waals surface area contributed by atoms with Crippen molar-refractivity contribution >= 4 is 29.3 Å². The maximum absolute atomic E-state index is 12.7. The summed E-state index contributed by atoms with van der Waals surface area (Å²) < 4.78 is 6.26. The third-order valence-corrected chi connectivity index (χ3v) is 5.69. The molecular formula is C19H21N3O4S. The van der Waals surface area contributed by atoms with Crippen molar-refractivity contribution in [2.45, 2.75) is 32.0 Å². The number of fused-ring (bicyclic) bond motifs is 1. The molecule has 1 unspecified atom stereocenters. The average molecular weight is 387 g/mol. The van der Waals surface area contributed by atoms with Crippen LogP contribution in [0, 0.1) is 12.8 Å². The first kappa shape index (κ1) is 19.2. The lowest BCUT2D eigenvalue weighted by molar-refractivity contribution is -0.119. The van der Waals surface area contributed by atoms with E-state index in [9.17, 15) is 14.4 Å². The number of amides is 1. The highest BCUT2D eigenvalue weighted by Crippen LogP contribution is 2.26. The first-order valence-corrected chi connectivity index (χ1v) is 9.65. The van der Waals surface area contributed by atoms with Gasteiger partial charge in [0.2, 0.25) is 5.91 Å². The summed E-state index contributed by atoms with van der Waals surface area (Å²) in [6, 6.07) is 6.49. The molecule has 1 atom stereocenters. The summed E-state index contributed by atoms with van der Waals surface area (Å²) in [5.74, 6) is -0.370. The Morgan fingerprint density at radius 2 is 2.04 bits per heavy atom. The number of ether oxygens (including phenoxy) is 1. The smallest absolute Gasteiger partial charge is 0.337 e. The van der Waals surface area contributed by atoms with Crippen molar-refractivity contribution in [2.24, 2.45) is 5.92 Å². The summed E-state index contributed by atoms with van der Waals surface area (Å²) >= 11 is 1.42. The van der Waals surface area contributed by atoms with Crippen LogP contribution in [0.1, 0.15) is 28.5 Å². The van der Waals surface area contributed by atoms with Crippen LogP contribution >= 0.6 is 11.8 Å². The summed E-state index contributed by atoms with van der Waals surface area (Å²) in [4.78, 5) is 41.3. The standard InChI is InChI=1S/C19H21N3O4S/c1-4-15-11(2)20-19-22(17(15)24)9-13(10-27-19)16(23)21-14-7-5-12(6-8-14)18(25)26-3/h5-8,13H,4,9-10H2,1-3H3,(H,21,23). The van der Waals surface area contributed by atoms with Gasteiger partial charge in [-0.3, -0.25) is 14.2 Å². The average Bonchev–Trinajstić information content (AvgIpc) is 2.68. The lowest BCUT2D eigenvalue weighted by Crippen LogP contribution is -2.38. The van der Waals surface area contributed by atoms with Crippen molar-refractivity contribution in [2.75, 3.05) is 18.2 Å². The van der Waals surface area contributed by atoms with Gasteiger partial charge in [-0.05, 0) is 37.6 Å². The number of methoxy groups -OCH3 is 1. The molecular weight excluding hydrogens is 366 g/mol. The third kappa shape index (κ3) is 3.90. The number of carbonyl (C=O) groups excluding carboxylic acids is 2. The van der Waals surface area contributed by atoms with Crippen molar-refractivity contribution in [3.8, 4) is 0 Å². The molecule has 0 saturated carbocycles. The fourth-order valence-electron chi connectivity index (χ4n) is 3.01. The first-order chi connectivity index (χ1) is 12.9. The van der Waals surface area contributed by atoms with Gasteiger partial charge in [0.1, 0.15) is 0 Å². The number of carbonyl (C=O) groups is 2. The van der Waals surface area contributed by atoms with Crippen molar-refractivity contribution in [3.63, 3.8) is 0 Å². The van der Waals surface area contributed by atoms with E-state index in [1.807, 2.05) is 13.8 Å². The molecule has 142 valence electrons.